The van der Waals surface area contributed by atoms with Gasteiger partial charge in [0.2, 0.25) is 0 Å². The van der Waals surface area contributed by atoms with E-state index in [1.807, 2.05) is 39.8 Å². The molecule has 0 aromatic heterocycles. The monoisotopic (exact) mass is 478 g/mol. The number of hydrogen-bond donors (Lipinski definition) is 0. The van der Waals surface area contributed by atoms with Crippen molar-refractivity contribution in [2.75, 3.05) is 0 Å². The van der Waals surface area contributed by atoms with E-state index in [-0.39, 0.29) is 0 Å². The minimum absolute atomic E-state index is 0.390. The van der Waals surface area contributed by atoms with E-state index in [4.69, 9.17) is 10.00 Å². The van der Waals surface area contributed by atoms with Crippen LogP contribution in [0.4, 0.5) is 0 Å². The first-order chi connectivity index (χ1) is 12.6. The van der Waals surface area contributed by atoms with Crippen molar-refractivity contribution in [3.8, 4) is 12.1 Å². The van der Waals surface area contributed by atoms with Crippen LogP contribution in [-0.4, -0.2) is 11.6 Å². The highest BCUT2D eigenvalue weighted by Gasteiger charge is 2.31. The molecule has 0 saturated heterocycles. The molecule has 0 bridgehead atoms. The lowest BCUT2D eigenvalue weighted by molar-refractivity contribution is -0.150. The largest absolute Gasteiger partial charge is 0.457 e. The Labute approximate surface area is 176 Å². The van der Waals surface area contributed by atoms with Gasteiger partial charge in [-0.2, -0.15) is 10.5 Å². The molecule has 0 amide bonds. The predicted molar refractivity (Wildman–Crippen MR) is 115 cm³/mol. The molecule has 0 spiro atoms. The van der Waals surface area contributed by atoms with Gasteiger partial charge in [0.1, 0.15) is 5.60 Å². The van der Waals surface area contributed by atoms with Gasteiger partial charge in [0.25, 0.3) is 0 Å². The Hall–Kier alpha value is -1.86. The lowest BCUT2D eigenvalue weighted by Crippen LogP contribution is -2.26. The van der Waals surface area contributed by atoms with Gasteiger partial charge in [0.05, 0.1) is 23.1 Å². The van der Waals surface area contributed by atoms with Crippen molar-refractivity contribution in [2.45, 2.75) is 65.4 Å². The molecule has 0 heterocycles. The molecule has 5 heteroatoms. The number of nitrogens with zero attached hydrogens (tertiary/aromatic N) is 2. The summed E-state index contributed by atoms with van der Waals surface area (Å²) in [5.74, 6) is -0.410. The molecule has 144 valence electrons. The number of halogens is 1. The van der Waals surface area contributed by atoms with Crippen LogP contribution in [0.25, 0.3) is 0 Å². The lowest BCUT2D eigenvalue weighted by atomic mass is 9.75. The Balaban J connectivity index is 2.98. The number of carbonyl (C=O) groups is 1. The van der Waals surface area contributed by atoms with Gasteiger partial charge in [0.15, 0.2) is 0 Å². The summed E-state index contributed by atoms with van der Waals surface area (Å²) in [4.78, 5) is 12.2. The number of esters is 1. The number of benzene rings is 1. The minimum atomic E-state index is -0.603. The zero-order chi connectivity index (χ0) is 20.7. The van der Waals surface area contributed by atoms with Crippen molar-refractivity contribution in [3.63, 3.8) is 0 Å². The fourth-order valence-corrected chi connectivity index (χ4v) is 3.44. The number of nitriles is 2. The molecule has 0 fully saturated rings. The highest BCUT2D eigenvalue weighted by Crippen LogP contribution is 2.36. The van der Waals surface area contributed by atoms with Crippen LogP contribution in [0.5, 0.6) is 0 Å². The molecular formula is C22H27IN2O2. The first-order valence-corrected chi connectivity index (χ1v) is 10.1. The molecule has 1 aromatic carbocycles. The molecule has 1 aromatic rings. The van der Waals surface area contributed by atoms with Gasteiger partial charge in [-0.15, -0.1) is 0 Å². The van der Waals surface area contributed by atoms with Crippen LogP contribution in [0.3, 0.4) is 0 Å². The smallest absolute Gasteiger partial charge is 0.333 e. The predicted octanol–water partition coefficient (Wildman–Crippen LogP) is 5.69. The van der Waals surface area contributed by atoms with Crippen molar-refractivity contribution in [3.05, 3.63) is 45.0 Å². The number of rotatable bonds is 8. The fourth-order valence-electron chi connectivity index (χ4n) is 2.92. The van der Waals surface area contributed by atoms with E-state index in [0.29, 0.717) is 30.4 Å². The molecular weight excluding hydrogens is 451 g/mol. The fraction of sp³-hybridized carbons (Fsp3) is 0.500. The first-order valence-electron chi connectivity index (χ1n) is 9.07. The molecule has 1 unspecified atom stereocenters. The van der Waals surface area contributed by atoms with E-state index in [9.17, 15) is 10.1 Å². The van der Waals surface area contributed by atoms with Crippen LogP contribution in [-0.2, 0) is 16.0 Å². The molecule has 1 atom stereocenters. The van der Waals surface area contributed by atoms with Crippen molar-refractivity contribution in [1.29, 1.82) is 10.5 Å². The third kappa shape index (κ3) is 7.34. The van der Waals surface area contributed by atoms with Crippen LogP contribution in [0, 0.1) is 31.6 Å². The highest BCUT2D eigenvalue weighted by molar-refractivity contribution is 14.1. The zero-order valence-corrected chi connectivity index (χ0v) is 18.7. The van der Waals surface area contributed by atoms with Crippen LogP contribution in [0.2, 0.25) is 0 Å². The minimum Gasteiger partial charge on any atom is -0.457 e. The summed E-state index contributed by atoms with van der Waals surface area (Å²) < 4.78 is 6.40. The molecule has 0 aliphatic carbocycles. The second-order valence-corrected chi connectivity index (χ2v) is 9.00. The van der Waals surface area contributed by atoms with Crippen LogP contribution in [0.1, 0.15) is 64.5 Å². The SMILES string of the molecule is C=C(CCC(C#N)(CCC)Cc1cc(C#N)ccc1I)C(=O)OC(C)(C)C. The summed E-state index contributed by atoms with van der Waals surface area (Å²) in [7, 11) is 0. The van der Waals surface area contributed by atoms with E-state index in [0.717, 1.165) is 22.0 Å². The average Bonchev–Trinajstić information content (AvgIpc) is 2.59. The van der Waals surface area contributed by atoms with Crippen molar-refractivity contribution < 1.29 is 9.53 Å². The Morgan fingerprint density at radius 1 is 1.26 bits per heavy atom. The van der Waals surface area contributed by atoms with E-state index in [2.05, 4.69) is 41.3 Å². The quantitative estimate of drug-likeness (QED) is 0.273. The van der Waals surface area contributed by atoms with E-state index in [1.54, 1.807) is 6.07 Å². The maximum absolute atomic E-state index is 12.2. The highest BCUT2D eigenvalue weighted by atomic mass is 127. The summed E-state index contributed by atoms with van der Waals surface area (Å²) in [6.45, 7) is 11.4. The zero-order valence-electron chi connectivity index (χ0n) is 16.6. The van der Waals surface area contributed by atoms with Crippen molar-refractivity contribution in [1.82, 2.24) is 0 Å². The molecule has 0 aliphatic rings. The van der Waals surface area contributed by atoms with Crippen molar-refractivity contribution in [2.24, 2.45) is 5.41 Å². The van der Waals surface area contributed by atoms with Gasteiger partial charge in [-0.25, -0.2) is 4.79 Å². The Bertz CT molecular complexity index is 781. The van der Waals surface area contributed by atoms with E-state index < -0.39 is 17.0 Å². The summed E-state index contributed by atoms with van der Waals surface area (Å²) in [6.07, 6.45) is 3.07. The van der Waals surface area contributed by atoms with Gasteiger partial charge in [-0.05, 0) is 92.8 Å². The Morgan fingerprint density at radius 2 is 1.93 bits per heavy atom. The molecule has 0 aliphatic heterocycles. The second-order valence-electron chi connectivity index (χ2n) is 7.84. The van der Waals surface area contributed by atoms with E-state index >= 15 is 0 Å². The van der Waals surface area contributed by atoms with Crippen LogP contribution in [0.15, 0.2) is 30.4 Å². The standard InChI is InChI=1S/C22H27IN2O2/c1-6-10-22(15-25,11-9-16(2)20(26)27-21(3,4)5)13-18-12-17(14-24)7-8-19(18)23/h7-8,12H,2,6,9-11,13H2,1,3-5H3. The first kappa shape index (κ1) is 23.2. The third-order valence-electron chi connectivity index (χ3n) is 4.26. The second kappa shape index (κ2) is 9.90. The maximum atomic E-state index is 12.2. The Kier molecular flexibility index (Phi) is 8.50. The maximum Gasteiger partial charge on any atom is 0.333 e. The Morgan fingerprint density at radius 3 is 2.44 bits per heavy atom. The molecule has 4 nitrogen and oxygen atoms in total. The number of carbonyl (C=O) groups excluding carboxylic acids is 1. The molecule has 27 heavy (non-hydrogen) atoms. The molecule has 0 radical (unpaired) electrons. The lowest BCUT2D eigenvalue weighted by Gasteiger charge is -2.28. The number of ether oxygens (including phenoxy) is 1. The van der Waals surface area contributed by atoms with Gasteiger partial charge >= 0.3 is 5.97 Å². The van der Waals surface area contributed by atoms with Gasteiger partial charge < -0.3 is 4.74 Å². The topological polar surface area (TPSA) is 73.9 Å². The summed E-state index contributed by atoms with van der Waals surface area (Å²) in [6, 6.07) is 10.2. The molecule has 1 rings (SSSR count). The molecule has 0 N–H and O–H groups in total. The van der Waals surface area contributed by atoms with Gasteiger partial charge in [-0.1, -0.05) is 19.9 Å². The van der Waals surface area contributed by atoms with Crippen LogP contribution >= 0.6 is 22.6 Å². The van der Waals surface area contributed by atoms with Gasteiger partial charge in [-0.3, -0.25) is 0 Å². The number of hydrogen-bond acceptors (Lipinski definition) is 4. The van der Waals surface area contributed by atoms with E-state index in [1.165, 1.54) is 0 Å². The molecule has 0 saturated carbocycles. The third-order valence-corrected chi connectivity index (χ3v) is 5.31. The summed E-state index contributed by atoms with van der Waals surface area (Å²) in [5, 5.41) is 19.1. The van der Waals surface area contributed by atoms with Crippen molar-refractivity contribution >= 4 is 28.6 Å². The summed E-state index contributed by atoms with van der Waals surface area (Å²) in [5.41, 5.74) is 0.803. The normalized spacial score (nSPS) is 13.1. The van der Waals surface area contributed by atoms with Crippen LogP contribution < -0.4 is 0 Å². The summed E-state index contributed by atoms with van der Waals surface area (Å²) >= 11 is 2.23. The van der Waals surface area contributed by atoms with Gasteiger partial charge in [0, 0.05) is 9.14 Å². The average molecular weight is 478 g/mol.